The van der Waals surface area contributed by atoms with Gasteiger partial charge in [-0.3, -0.25) is 4.90 Å². The van der Waals surface area contributed by atoms with Gasteiger partial charge >= 0.3 is 6.03 Å². The van der Waals surface area contributed by atoms with E-state index in [2.05, 4.69) is 9.98 Å². The molecule has 4 rings (SSSR count). The molecular weight excluding hydrogens is 594 g/mol. The summed E-state index contributed by atoms with van der Waals surface area (Å²) in [6.07, 6.45) is 3.92. The average Bonchev–Trinajstić information content (AvgIpc) is 2.90. The summed E-state index contributed by atoms with van der Waals surface area (Å²) >= 11 is 25.6. The molecule has 0 aliphatic heterocycles. The Morgan fingerprint density at radius 3 is 1.27 bits per heavy atom. The molecular formula is C29H18Cl4N4O3. The number of carbonyl (C=O) groups is 1. The lowest BCUT2D eigenvalue weighted by atomic mass is 10.0. The molecule has 0 atom stereocenters. The Kier molecular flexibility index (Phi) is 9.41. The Morgan fingerprint density at radius 1 is 0.625 bits per heavy atom. The first kappa shape index (κ1) is 29.1. The van der Waals surface area contributed by atoms with Gasteiger partial charge in [-0.1, -0.05) is 70.7 Å². The summed E-state index contributed by atoms with van der Waals surface area (Å²) < 4.78 is 0. The van der Waals surface area contributed by atoms with Crippen LogP contribution in [0.2, 0.25) is 20.1 Å². The predicted octanol–water partition coefficient (Wildman–Crippen LogP) is 8.63. The Bertz CT molecular complexity index is 1600. The fourth-order valence-corrected chi connectivity index (χ4v) is 5.19. The number of nitrogens with zero attached hydrogens (tertiary/aromatic N) is 3. The summed E-state index contributed by atoms with van der Waals surface area (Å²) in [5.41, 5.74) is 10.6. The van der Waals surface area contributed by atoms with Crippen molar-refractivity contribution in [3.63, 3.8) is 0 Å². The molecule has 0 heterocycles. The minimum absolute atomic E-state index is 0.289. The molecule has 0 aromatic heterocycles. The molecule has 0 unspecified atom stereocenters. The third kappa shape index (κ3) is 6.79. The summed E-state index contributed by atoms with van der Waals surface area (Å²) in [7, 11) is 0. The number of carbonyl (C=O) groups excluding carboxylic acids is 3. The second kappa shape index (κ2) is 12.9. The number of urea groups is 1. The van der Waals surface area contributed by atoms with Crippen LogP contribution in [0.4, 0.5) is 27.5 Å². The second-order valence-electron chi connectivity index (χ2n) is 8.58. The Hall–Kier alpha value is -3.93. The molecule has 0 spiro atoms. The normalized spacial score (nSPS) is 10.4. The molecule has 0 bridgehead atoms. The molecule has 0 aliphatic carbocycles. The van der Waals surface area contributed by atoms with Gasteiger partial charge in [-0.2, -0.15) is 9.98 Å². The smallest absolute Gasteiger partial charge is 0.323 e. The molecule has 0 aliphatic rings. The van der Waals surface area contributed by atoms with E-state index in [1.54, 1.807) is 60.7 Å². The number of isocyanates is 2. The molecule has 11 heteroatoms. The third-order valence-electron chi connectivity index (χ3n) is 5.90. The van der Waals surface area contributed by atoms with Gasteiger partial charge in [0.05, 0.1) is 42.8 Å². The van der Waals surface area contributed by atoms with E-state index in [9.17, 15) is 14.4 Å². The quantitative estimate of drug-likeness (QED) is 0.159. The monoisotopic (exact) mass is 610 g/mol. The predicted molar refractivity (Wildman–Crippen MR) is 159 cm³/mol. The van der Waals surface area contributed by atoms with E-state index in [4.69, 9.17) is 52.1 Å². The van der Waals surface area contributed by atoms with Crippen LogP contribution in [-0.4, -0.2) is 18.2 Å². The van der Waals surface area contributed by atoms with E-state index in [-0.39, 0.29) is 10.0 Å². The van der Waals surface area contributed by atoms with Crippen molar-refractivity contribution in [2.24, 2.45) is 15.7 Å². The van der Waals surface area contributed by atoms with Gasteiger partial charge < -0.3 is 5.73 Å². The van der Waals surface area contributed by atoms with Gasteiger partial charge in [-0.05, 0) is 83.6 Å². The van der Waals surface area contributed by atoms with E-state index in [1.807, 2.05) is 12.1 Å². The molecule has 0 radical (unpaired) electrons. The Labute approximate surface area is 249 Å². The molecule has 2 N–H and O–H groups in total. The van der Waals surface area contributed by atoms with Crippen molar-refractivity contribution >= 4 is 87.3 Å². The van der Waals surface area contributed by atoms with Crippen molar-refractivity contribution in [3.8, 4) is 0 Å². The number of hydrogen-bond donors (Lipinski definition) is 1. The lowest BCUT2D eigenvalue weighted by Crippen LogP contribution is -2.32. The van der Waals surface area contributed by atoms with Crippen LogP contribution in [0.3, 0.4) is 0 Å². The largest absolute Gasteiger partial charge is 0.351 e. The zero-order valence-corrected chi connectivity index (χ0v) is 23.5. The van der Waals surface area contributed by atoms with E-state index < -0.39 is 6.03 Å². The van der Waals surface area contributed by atoms with Crippen molar-refractivity contribution in [2.45, 2.75) is 12.8 Å². The van der Waals surface area contributed by atoms with Crippen molar-refractivity contribution in [1.29, 1.82) is 0 Å². The second-order valence-corrected chi connectivity index (χ2v) is 10.2. The summed E-state index contributed by atoms with van der Waals surface area (Å²) in [6, 6.07) is 19.9. The van der Waals surface area contributed by atoms with Gasteiger partial charge in [0, 0.05) is 0 Å². The molecule has 40 heavy (non-hydrogen) atoms. The first-order chi connectivity index (χ1) is 19.2. The highest BCUT2D eigenvalue weighted by Crippen LogP contribution is 2.38. The fraction of sp³-hybridized carbons (Fsp3) is 0.0690. The van der Waals surface area contributed by atoms with Crippen LogP contribution in [0, 0.1) is 0 Å². The number of nitrogens with two attached hydrogens (primary N) is 1. The number of rotatable bonds is 8. The molecule has 2 amide bonds. The van der Waals surface area contributed by atoms with Crippen LogP contribution >= 0.6 is 46.4 Å². The number of benzene rings is 4. The number of hydrogen-bond acceptors (Lipinski definition) is 5. The SMILES string of the molecule is NC(=O)N(c1ccc(Cc2ccc(N=C=O)c(Cl)c2)cc1Cl)c1ccc(Cc2ccc(N=C=O)c(Cl)c2)cc1Cl. The maximum absolute atomic E-state index is 12.5. The van der Waals surface area contributed by atoms with E-state index in [0.29, 0.717) is 45.6 Å². The minimum Gasteiger partial charge on any atom is -0.351 e. The van der Waals surface area contributed by atoms with Gasteiger partial charge in [0.2, 0.25) is 12.2 Å². The fourth-order valence-electron chi connectivity index (χ4n) is 4.12. The van der Waals surface area contributed by atoms with Crippen molar-refractivity contribution in [2.75, 3.05) is 4.90 Å². The van der Waals surface area contributed by atoms with Gasteiger partial charge in [0.25, 0.3) is 0 Å². The molecule has 0 fully saturated rings. The highest BCUT2D eigenvalue weighted by atomic mass is 35.5. The van der Waals surface area contributed by atoms with Crippen LogP contribution in [0.15, 0.2) is 82.8 Å². The van der Waals surface area contributed by atoms with E-state index in [1.165, 1.54) is 17.1 Å². The Balaban J connectivity index is 1.57. The lowest BCUT2D eigenvalue weighted by Gasteiger charge is -2.24. The highest BCUT2D eigenvalue weighted by Gasteiger charge is 2.21. The van der Waals surface area contributed by atoms with Gasteiger partial charge in [0.1, 0.15) is 0 Å². The minimum atomic E-state index is -0.763. The third-order valence-corrected chi connectivity index (χ3v) is 7.11. The van der Waals surface area contributed by atoms with Crippen molar-refractivity contribution in [3.05, 3.63) is 115 Å². The topological polar surface area (TPSA) is 105 Å². The van der Waals surface area contributed by atoms with Crippen LogP contribution in [-0.2, 0) is 22.4 Å². The zero-order valence-electron chi connectivity index (χ0n) is 20.5. The molecule has 200 valence electrons. The number of halogens is 4. The van der Waals surface area contributed by atoms with Gasteiger partial charge in [-0.15, -0.1) is 0 Å². The summed E-state index contributed by atoms with van der Waals surface area (Å²) in [6.45, 7) is 0. The van der Waals surface area contributed by atoms with Gasteiger partial charge in [-0.25, -0.2) is 14.4 Å². The maximum atomic E-state index is 12.5. The highest BCUT2D eigenvalue weighted by molar-refractivity contribution is 6.36. The van der Waals surface area contributed by atoms with Crippen LogP contribution in [0.5, 0.6) is 0 Å². The molecule has 7 nitrogen and oxygen atoms in total. The van der Waals surface area contributed by atoms with Gasteiger partial charge in [0.15, 0.2) is 0 Å². The van der Waals surface area contributed by atoms with Crippen molar-refractivity contribution in [1.82, 2.24) is 0 Å². The first-order valence-electron chi connectivity index (χ1n) is 11.6. The number of amides is 2. The van der Waals surface area contributed by atoms with Crippen LogP contribution < -0.4 is 10.6 Å². The summed E-state index contributed by atoms with van der Waals surface area (Å²) in [5.74, 6) is 0. The molecule has 4 aromatic rings. The Morgan fingerprint density at radius 2 is 0.975 bits per heavy atom. The molecule has 0 saturated carbocycles. The molecule has 4 aromatic carbocycles. The maximum Gasteiger partial charge on any atom is 0.323 e. The zero-order chi connectivity index (χ0) is 28.8. The van der Waals surface area contributed by atoms with Crippen molar-refractivity contribution < 1.29 is 14.4 Å². The van der Waals surface area contributed by atoms with E-state index in [0.717, 1.165) is 22.3 Å². The summed E-state index contributed by atoms with van der Waals surface area (Å²) in [4.78, 5) is 41.9. The number of primary amides is 1. The number of anilines is 2. The van der Waals surface area contributed by atoms with E-state index >= 15 is 0 Å². The summed E-state index contributed by atoms with van der Waals surface area (Å²) in [5, 5.41) is 1.23. The standard InChI is InChI=1S/C29H18Cl4N4O3/c30-21-11-17(1-5-25(21)35-15-38)9-19-3-7-27(23(32)13-19)37(29(34)40)28-8-4-20(14-24(28)33)10-18-2-6-26(36-16-39)22(31)12-18/h1-8,11-14H,9-10H2,(H2,34,40). The lowest BCUT2D eigenvalue weighted by molar-refractivity contribution is 0.256. The first-order valence-corrected chi connectivity index (χ1v) is 13.1. The van der Waals surface area contributed by atoms with Crippen LogP contribution in [0.25, 0.3) is 0 Å². The van der Waals surface area contributed by atoms with Crippen LogP contribution in [0.1, 0.15) is 22.3 Å². The molecule has 0 saturated heterocycles. The number of aliphatic imine (C=N–C) groups is 2. The average molecular weight is 612 g/mol.